The first-order valence-electron chi connectivity index (χ1n) is 6.26. The molecular formula is C13H18N2O4. The third-order valence-corrected chi connectivity index (χ3v) is 3.06. The number of furan rings is 1. The molecule has 1 saturated heterocycles. The highest BCUT2D eigenvalue weighted by Gasteiger charge is 2.31. The molecular weight excluding hydrogens is 248 g/mol. The molecule has 0 spiro atoms. The average molecular weight is 266 g/mol. The number of ether oxygens (including phenoxy) is 1. The molecule has 1 aromatic heterocycles. The van der Waals surface area contributed by atoms with Crippen molar-refractivity contribution in [3.63, 3.8) is 0 Å². The molecule has 1 N–H and O–H groups in total. The summed E-state index contributed by atoms with van der Waals surface area (Å²) in [5.41, 5.74) is 0. The number of carbonyl (C=O) groups is 2. The number of carbonyl (C=O) groups excluding carboxylic acids is 2. The summed E-state index contributed by atoms with van der Waals surface area (Å²) in [4.78, 5) is 24.9. The normalized spacial score (nSPS) is 22.2. The molecule has 1 aliphatic rings. The van der Waals surface area contributed by atoms with Gasteiger partial charge in [0.05, 0.1) is 12.4 Å². The zero-order chi connectivity index (χ0) is 13.8. The number of nitrogens with zero attached hydrogens (tertiary/aromatic N) is 1. The second kappa shape index (κ2) is 5.88. The lowest BCUT2D eigenvalue weighted by Crippen LogP contribution is -2.36. The van der Waals surface area contributed by atoms with Gasteiger partial charge in [-0.15, -0.1) is 0 Å². The van der Waals surface area contributed by atoms with Crippen molar-refractivity contribution in [1.29, 1.82) is 0 Å². The minimum Gasteiger partial charge on any atom is -0.459 e. The van der Waals surface area contributed by atoms with E-state index in [1.807, 2.05) is 0 Å². The van der Waals surface area contributed by atoms with Crippen LogP contribution >= 0.6 is 0 Å². The SMILES string of the molecule is CN(C)C(=O)[C@@H]1CC[C@@H](CNC(=O)c2ccco2)O1. The van der Waals surface area contributed by atoms with E-state index in [1.165, 1.54) is 11.2 Å². The Bertz CT molecular complexity index is 442. The number of rotatable bonds is 4. The van der Waals surface area contributed by atoms with Gasteiger partial charge in [0.2, 0.25) is 0 Å². The lowest BCUT2D eigenvalue weighted by Gasteiger charge is -2.17. The van der Waals surface area contributed by atoms with Crippen LogP contribution in [0.4, 0.5) is 0 Å². The minimum absolute atomic E-state index is 0.0279. The fraction of sp³-hybridized carbons (Fsp3) is 0.538. The maximum atomic E-state index is 11.7. The van der Waals surface area contributed by atoms with Gasteiger partial charge in [0.15, 0.2) is 5.76 Å². The zero-order valence-corrected chi connectivity index (χ0v) is 11.1. The molecule has 104 valence electrons. The molecule has 0 radical (unpaired) electrons. The fourth-order valence-corrected chi connectivity index (χ4v) is 2.03. The van der Waals surface area contributed by atoms with Crippen LogP contribution in [-0.4, -0.2) is 49.6 Å². The van der Waals surface area contributed by atoms with E-state index in [2.05, 4.69) is 5.32 Å². The Morgan fingerprint density at radius 3 is 2.84 bits per heavy atom. The number of amides is 2. The van der Waals surface area contributed by atoms with E-state index in [9.17, 15) is 9.59 Å². The Hall–Kier alpha value is -1.82. The smallest absolute Gasteiger partial charge is 0.287 e. The van der Waals surface area contributed by atoms with Crippen LogP contribution in [0.3, 0.4) is 0 Å². The third kappa shape index (κ3) is 3.35. The van der Waals surface area contributed by atoms with Gasteiger partial charge >= 0.3 is 0 Å². The molecule has 6 nitrogen and oxygen atoms in total. The van der Waals surface area contributed by atoms with Crippen LogP contribution in [0, 0.1) is 0 Å². The molecule has 2 rings (SSSR count). The van der Waals surface area contributed by atoms with E-state index < -0.39 is 0 Å². The summed E-state index contributed by atoms with van der Waals surface area (Å²) in [6, 6.07) is 3.26. The van der Waals surface area contributed by atoms with Crippen LogP contribution in [0.15, 0.2) is 22.8 Å². The number of likely N-dealkylation sites (N-methyl/N-ethyl adjacent to an activating group) is 1. The second-order valence-electron chi connectivity index (χ2n) is 4.74. The summed E-state index contributed by atoms with van der Waals surface area (Å²) in [6.45, 7) is 0.386. The van der Waals surface area contributed by atoms with Gasteiger partial charge < -0.3 is 19.4 Å². The molecule has 6 heteroatoms. The molecule has 1 fully saturated rings. The highest BCUT2D eigenvalue weighted by molar-refractivity contribution is 5.91. The van der Waals surface area contributed by atoms with Gasteiger partial charge in [-0.25, -0.2) is 0 Å². The fourth-order valence-electron chi connectivity index (χ4n) is 2.03. The Morgan fingerprint density at radius 1 is 1.42 bits per heavy atom. The van der Waals surface area contributed by atoms with Crippen molar-refractivity contribution in [2.75, 3.05) is 20.6 Å². The molecule has 2 amide bonds. The van der Waals surface area contributed by atoms with E-state index in [1.54, 1.807) is 26.2 Å². The number of hydrogen-bond donors (Lipinski definition) is 1. The van der Waals surface area contributed by atoms with Gasteiger partial charge in [-0.05, 0) is 25.0 Å². The average Bonchev–Trinajstić information content (AvgIpc) is 3.06. The van der Waals surface area contributed by atoms with Crippen molar-refractivity contribution in [2.45, 2.75) is 25.0 Å². The first-order valence-corrected chi connectivity index (χ1v) is 6.26. The number of nitrogens with one attached hydrogen (secondary N) is 1. The third-order valence-electron chi connectivity index (χ3n) is 3.06. The van der Waals surface area contributed by atoms with Crippen molar-refractivity contribution in [3.8, 4) is 0 Å². The molecule has 0 unspecified atom stereocenters. The quantitative estimate of drug-likeness (QED) is 0.868. The molecule has 0 saturated carbocycles. The zero-order valence-electron chi connectivity index (χ0n) is 11.1. The summed E-state index contributed by atoms with van der Waals surface area (Å²) in [5.74, 6) is -0.0187. The van der Waals surface area contributed by atoms with Crippen molar-refractivity contribution < 1.29 is 18.7 Å². The van der Waals surface area contributed by atoms with E-state index in [0.717, 1.165) is 6.42 Å². The van der Waals surface area contributed by atoms with Gasteiger partial charge in [0.25, 0.3) is 11.8 Å². The van der Waals surface area contributed by atoms with E-state index in [-0.39, 0.29) is 29.8 Å². The first-order chi connectivity index (χ1) is 9.08. The van der Waals surface area contributed by atoms with Gasteiger partial charge in [-0.2, -0.15) is 0 Å². The Labute approximate surface area is 111 Å². The molecule has 2 heterocycles. The molecule has 1 aromatic rings. The summed E-state index contributed by atoms with van der Waals surface area (Å²) in [7, 11) is 3.41. The minimum atomic E-state index is -0.388. The second-order valence-corrected chi connectivity index (χ2v) is 4.74. The van der Waals surface area contributed by atoms with Crippen molar-refractivity contribution >= 4 is 11.8 Å². The van der Waals surface area contributed by atoms with Crippen LogP contribution in [-0.2, 0) is 9.53 Å². The Kier molecular flexibility index (Phi) is 4.21. The highest BCUT2D eigenvalue weighted by Crippen LogP contribution is 2.20. The predicted molar refractivity (Wildman–Crippen MR) is 67.6 cm³/mol. The van der Waals surface area contributed by atoms with E-state index in [4.69, 9.17) is 9.15 Å². The van der Waals surface area contributed by atoms with Crippen LogP contribution in [0.25, 0.3) is 0 Å². The number of hydrogen-bond acceptors (Lipinski definition) is 4. The summed E-state index contributed by atoms with van der Waals surface area (Å²) in [5, 5.41) is 2.73. The van der Waals surface area contributed by atoms with Crippen LogP contribution < -0.4 is 5.32 Å². The first kappa shape index (κ1) is 13.6. The lowest BCUT2D eigenvalue weighted by molar-refractivity contribution is -0.140. The van der Waals surface area contributed by atoms with Gasteiger partial charge in [0, 0.05) is 20.6 Å². The largest absolute Gasteiger partial charge is 0.459 e. The molecule has 0 aromatic carbocycles. The molecule has 19 heavy (non-hydrogen) atoms. The molecule has 0 bridgehead atoms. The van der Waals surface area contributed by atoms with Crippen LogP contribution in [0.1, 0.15) is 23.4 Å². The summed E-state index contributed by atoms with van der Waals surface area (Å²) < 4.78 is 10.6. The Morgan fingerprint density at radius 2 is 2.21 bits per heavy atom. The molecule has 2 atom stereocenters. The predicted octanol–water partition coefficient (Wildman–Crippen LogP) is 0.645. The monoisotopic (exact) mass is 266 g/mol. The summed E-state index contributed by atoms with van der Waals surface area (Å²) >= 11 is 0. The highest BCUT2D eigenvalue weighted by atomic mass is 16.5. The van der Waals surface area contributed by atoms with Crippen molar-refractivity contribution in [2.24, 2.45) is 0 Å². The van der Waals surface area contributed by atoms with Gasteiger partial charge in [-0.3, -0.25) is 9.59 Å². The summed E-state index contributed by atoms with van der Waals surface area (Å²) in [6.07, 6.45) is 2.40. The topological polar surface area (TPSA) is 71.8 Å². The lowest BCUT2D eigenvalue weighted by atomic mass is 10.2. The van der Waals surface area contributed by atoms with E-state index in [0.29, 0.717) is 13.0 Å². The Balaban J connectivity index is 1.77. The van der Waals surface area contributed by atoms with Crippen LogP contribution in [0.2, 0.25) is 0 Å². The molecule has 1 aliphatic heterocycles. The maximum Gasteiger partial charge on any atom is 0.287 e. The van der Waals surface area contributed by atoms with E-state index >= 15 is 0 Å². The van der Waals surface area contributed by atoms with Crippen LogP contribution in [0.5, 0.6) is 0 Å². The van der Waals surface area contributed by atoms with Gasteiger partial charge in [0.1, 0.15) is 6.10 Å². The van der Waals surface area contributed by atoms with Crippen molar-refractivity contribution in [1.82, 2.24) is 10.2 Å². The molecule has 0 aliphatic carbocycles. The standard InChI is InChI=1S/C13H18N2O4/c1-15(2)13(17)11-6-5-9(19-11)8-14-12(16)10-4-3-7-18-10/h3-4,7,9,11H,5-6,8H2,1-2H3,(H,14,16)/t9-,11-/m0/s1. The maximum absolute atomic E-state index is 11.7. The van der Waals surface area contributed by atoms with Crippen molar-refractivity contribution in [3.05, 3.63) is 24.2 Å². The van der Waals surface area contributed by atoms with Gasteiger partial charge in [-0.1, -0.05) is 0 Å².